The van der Waals surface area contributed by atoms with Gasteiger partial charge in [0, 0.05) is 6.54 Å². The maximum absolute atomic E-state index is 12.2. The third-order valence-corrected chi connectivity index (χ3v) is 3.16. The van der Waals surface area contributed by atoms with Crippen LogP contribution >= 0.6 is 11.6 Å². The van der Waals surface area contributed by atoms with E-state index in [0.29, 0.717) is 24.3 Å². The molecular formula is C14H16ClN3O2. The topological polar surface area (TPSA) is 67.2 Å². The number of anilines is 1. The molecule has 0 aliphatic carbocycles. The van der Waals surface area contributed by atoms with Gasteiger partial charge in [-0.3, -0.25) is 4.79 Å². The summed E-state index contributed by atoms with van der Waals surface area (Å²) in [7, 11) is 0. The largest absolute Gasteiger partial charge is 0.393 e. The minimum Gasteiger partial charge on any atom is -0.393 e. The quantitative estimate of drug-likeness (QED) is 0.885. The molecule has 0 bridgehead atoms. The Morgan fingerprint density at radius 1 is 1.40 bits per heavy atom. The highest BCUT2D eigenvalue weighted by Crippen LogP contribution is 2.16. The first-order valence-electron chi connectivity index (χ1n) is 6.35. The molecule has 1 aromatic heterocycles. The number of halogens is 1. The standard InChI is InChI=1S/C14H16ClN3O2/c1-10(19)7-8-16-12-9-17-18(14(20)13(12)15)11-5-3-2-4-6-11/h2-6,9-10,16,19H,7-8H2,1H3. The zero-order valence-corrected chi connectivity index (χ0v) is 11.8. The van der Waals surface area contributed by atoms with E-state index in [2.05, 4.69) is 10.4 Å². The minimum atomic E-state index is -0.404. The summed E-state index contributed by atoms with van der Waals surface area (Å²) in [6, 6.07) is 9.08. The first-order valence-corrected chi connectivity index (χ1v) is 6.72. The summed E-state index contributed by atoms with van der Waals surface area (Å²) in [5.74, 6) is 0. The molecule has 0 amide bonds. The van der Waals surface area contributed by atoms with Crippen molar-refractivity contribution in [2.75, 3.05) is 11.9 Å². The van der Waals surface area contributed by atoms with Gasteiger partial charge in [0.1, 0.15) is 5.02 Å². The van der Waals surface area contributed by atoms with Gasteiger partial charge >= 0.3 is 0 Å². The van der Waals surface area contributed by atoms with Crippen molar-refractivity contribution in [3.05, 3.63) is 51.9 Å². The highest BCUT2D eigenvalue weighted by molar-refractivity contribution is 6.32. The fourth-order valence-corrected chi connectivity index (χ4v) is 1.92. The normalized spacial score (nSPS) is 12.2. The van der Waals surface area contributed by atoms with Crippen molar-refractivity contribution >= 4 is 17.3 Å². The van der Waals surface area contributed by atoms with Crippen molar-refractivity contribution in [1.82, 2.24) is 9.78 Å². The number of hydrogen-bond acceptors (Lipinski definition) is 4. The van der Waals surface area contributed by atoms with Crippen molar-refractivity contribution < 1.29 is 5.11 Å². The van der Waals surface area contributed by atoms with Gasteiger partial charge in [-0.25, -0.2) is 0 Å². The number of para-hydroxylation sites is 1. The van der Waals surface area contributed by atoms with Gasteiger partial charge in [-0.15, -0.1) is 0 Å². The van der Waals surface area contributed by atoms with Crippen LogP contribution in [0.25, 0.3) is 5.69 Å². The summed E-state index contributed by atoms with van der Waals surface area (Å²) in [5, 5.41) is 16.4. The fourth-order valence-electron chi connectivity index (χ4n) is 1.72. The molecular weight excluding hydrogens is 278 g/mol. The van der Waals surface area contributed by atoms with Crippen LogP contribution in [0, 0.1) is 0 Å². The lowest BCUT2D eigenvalue weighted by Gasteiger charge is -2.11. The molecule has 0 aliphatic heterocycles. The number of benzene rings is 1. The summed E-state index contributed by atoms with van der Waals surface area (Å²) < 4.78 is 1.25. The van der Waals surface area contributed by atoms with Crippen LogP contribution in [0.15, 0.2) is 41.3 Å². The van der Waals surface area contributed by atoms with E-state index >= 15 is 0 Å². The van der Waals surface area contributed by atoms with Gasteiger partial charge in [0.2, 0.25) is 0 Å². The molecule has 1 heterocycles. The van der Waals surface area contributed by atoms with Crippen LogP contribution in [0.2, 0.25) is 5.02 Å². The van der Waals surface area contributed by atoms with Gasteiger partial charge < -0.3 is 10.4 Å². The van der Waals surface area contributed by atoms with Crippen LogP contribution in [0.4, 0.5) is 5.69 Å². The smallest absolute Gasteiger partial charge is 0.292 e. The van der Waals surface area contributed by atoms with E-state index in [0.717, 1.165) is 0 Å². The molecule has 2 rings (SSSR count). The molecule has 1 unspecified atom stereocenters. The van der Waals surface area contributed by atoms with E-state index in [1.54, 1.807) is 19.1 Å². The second-order valence-electron chi connectivity index (χ2n) is 4.49. The first kappa shape index (κ1) is 14.6. The third kappa shape index (κ3) is 3.37. The molecule has 0 aliphatic rings. The Morgan fingerprint density at radius 2 is 2.10 bits per heavy atom. The molecule has 106 valence electrons. The van der Waals surface area contributed by atoms with E-state index in [-0.39, 0.29) is 10.6 Å². The molecule has 1 atom stereocenters. The third-order valence-electron chi connectivity index (χ3n) is 2.80. The van der Waals surface area contributed by atoms with Crippen LogP contribution in [0.1, 0.15) is 13.3 Å². The van der Waals surface area contributed by atoms with E-state index in [1.807, 2.05) is 18.2 Å². The van der Waals surface area contributed by atoms with E-state index in [4.69, 9.17) is 11.6 Å². The number of nitrogens with one attached hydrogen (secondary N) is 1. The lowest BCUT2D eigenvalue weighted by molar-refractivity contribution is 0.189. The lowest BCUT2D eigenvalue weighted by atomic mass is 10.3. The van der Waals surface area contributed by atoms with Gasteiger partial charge in [-0.2, -0.15) is 9.78 Å². The average Bonchev–Trinajstić information content (AvgIpc) is 2.44. The Labute approximate surface area is 121 Å². The number of hydrogen-bond donors (Lipinski definition) is 2. The van der Waals surface area contributed by atoms with Crippen LogP contribution in [0.5, 0.6) is 0 Å². The Balaban J connectivity index is 2.24. The summed E-state index contributed by atoms with van der Waals surface area (Å²) in [6.45, 7) is 2.22. The Bertz CT molecular complexity index is 626. The summed E-state index contributed by atoms with van der Waals surface area (Å²) in [6.07, 6.45) is 1.68. The maximum atomic E-state index is 12.2. The van der Waals surface area contributed by atoms with Crippen molar-refractivity contribution in [2.24, 2.45) is 0 Å². The molecule has 0 saturated heterocycles. The summed E-state index contributed by atoms with van der Waals surface area (Å²) >= 11 is 6.07. The number of aliphatic hydroxyl groups excluding tert-OH is 1. The molecule has 1 aromatic carbocycles. The average molecular weight is 294 g/mol. The number of aromatic nitrogens is 2. The molecule has 0 radical (unpaired) electrons. The zero-order valence-electron chi connectivity index (χ0n) is 11.1. The zero-order chi connectivity index (χ0) is 14.5. The van der Waals surface area contributed by atoms with Gasteiger partial charge in [0.25, 0.3) is 5.56 Å². The van der Waals surface area contributed by atoms with Crippen LogP contribution in [-0.2, 0) is 0 Å². The van der Waals surface area contributed by atoms with E-state index in [9.17, 15) is 9.90 Å². The highest BCUT2D eigenvalue weighted by atomic mass is 35.5. The molecule has 0 saturated carbocycles. The first-order chi connectivity index (χ1) is 9.59. The van der Waals surface area contributed by atoms with Gasteiger partial charge in [0.05, 0.1) is 23.7 Å². The Hall–Kier alpha value is -1.85. The maximum Gasteiger partial charge on any atom is 0.292 e. The predicted molar refractivity (Wildman–Crippen MR) is 79.6 cm³/mol. The number of rotatable bonds is 5. The van der Waals surface area contributed by atoms with Gasteiger partial charge in [-0.05, 0) is 25.5 Å². The van der Waals surface area contributed by atoms with Crippen molar-refractivity contribution in [1.29, 1.82) is 0 Å². The molecule has 5 nitrogen and oxygen atoms in total. The molecule has 0 fully saturated rings. The summed E-state index contributed by atoms with van der Waals surface area (Å²) in [4.78, 5) is 12.2. The second kappa shape index (κ2) is 6.54. The van der Waals surface area contributed by atoms with Gasteiger partial charge in [-0.1, -0.05) is 29.8 Å². The molecule has 6 heteroatoms. The predicted octanol–water partition coefficient (Wildman–Crippen LogP) is 2.07. The van der Waals surface area contributed by atoms with Crippen molar-refractivity contribution in [2.45, 2.75) is 19.4 Å². The molecule has 2 N–H and O–H groups in total. The van der Waals surface area contributed by atoms with Crippen LogP contribution in [0.3, 0.4) is 0 Å². The summed E-state index contributed by atoms with van der Waals surface area (Å²) in [5.41, 5.74) is 0.763. The highest BCUT2D eigenvalue weighted by Gasteiger charge is 2.10. The molecule has 0 spiro atoms. The number of aliphatic hydroxyl groups is 1. The SMILES string of the molecule is CC(O)CCNc1cnn(-c2ccccc2)c(=O)c1Cl. The Morgan fingerprint density at radius 3 is 2.75 bits per heavy atom. The van der Waals surface area contributed by atoms with E-state index < -0.39 is 6.10 Å². The molecule has 2 aromatic rings. The fraction of sp³-hybridized carbons (Fsp3) is 0.286. The van der Waals surface area contributed by atoms with Crippen LogP contribution < -0.4 is 10.9 Å². The minimum absolute atomic E-state index is 0.0921. The van der Waals surface area contributed by atoms with Crippen molar-refractivity contribution in [3.8, 4) is 5.69 Å². The second-order valence-corrected chi connectivity index (χ2v) is 4.87. The van der Waals surface area contributed by atoms with Crippen LogP contribution in [-0.4, -0.2) is 27.5 Å². The monoisotopic (exact) mass is 293 g/mol. The number of nitrogens with zero attached hydrogens (tertiary/aromatic N) is 2. The van der Waals surface area contributed by atoms with Gasteiger partial charge in [0.15, 0.2) is 0 Å². The van der Waals surface area contributed by atoms with Crippen molar-refractivity contribution in [3.63, 3.8) is 0 Å². The Kier molecular flexibility index (Phi) is 4.76. The molecule has 20 heavy (non-hydrogen) atoms. The lowest BCUT2D eigenvalue weighted by Crippen LogP contribution is -2.23. The van der Waals surface area contributed by atoms with E-state index in [1.165, 1.54) is 10.9 Å².